The van der Waals surface area contributed by atoms with Crippen molar-refractivity contribution in [3.63, 3.8) is 0 Å². The number of hydrogen-bond acceptors (Lipinski definition) is 2. The first kappa shape index (κ1) is 17.3. The first-order chi connectivity index (χ1) is 13.2. The molecule has 2 atom stereocenters. The fourth-order valence-corrected chi connectivity index (χ4v) is 3.79. The minimum absolute atomic E-state index is 0.269. The number of aromatic amines is 1. The molecule has 0 aliphatic rings. The van der Waals surface area contributed by atoms with E-state index in [1.54, 1.807) is 12.1 Å². The molecule has 0 bridgehead atoms. The highest BCUT2D eigenvalue weighted by Gasteiger charge is 2.32. The molecule has 1 aromatic heterocycles. The topological polar surface area (TPSA) is 53.1 Å². The van der Waals surface area contributed by atoms with Gasteiger partial charge in [-0.25, -0.2) is 0 Å². The van der Waals surface area contributed by atoms with Crippen molar-refractivity contribution in [1.82, 2.24) is 4.98 Å². The SMILES string of the molecule is Cc1[nH]c2ccccc2c1[C@H](c1ccccc1)[C@@H](O)C(=O)c1ccccc1. The average Bonchev–Trinajstić information content (AvgIpc) is 3.05. The Kier molecular flexibility index (Phi) is 4.61. The molecule has 4 rings (SSSR count). The predicted octanol–water partition coefficient (Wildman–Crippen LogP) is 4.85. The molecule has 0 aliphatic heterocycles. The number of carbonyl (C=O) groups excluding carboxylic acids is 1. The smallest absolute Gasteiger partial charge is 0.192 e. The number of ketones is 1. The number of aryl methyl sites for hydroxylation is 1. The van der Waals surface area contributed by atoms with Gasteiger partial charge in [0.05, 0.1) is 0 Å². The summed E-state index contributed by atoms with van der Waals surface area (Å²) in [4.78, 5) is 16.4. The third-order valence-corrected chi connectivity index (χ3v) is 5.06. The lowest BCUT2D eigenvalue weighted by atomic mass is 9.82. The molecule has 0 aliphatic carbocycles. The molecule has 0 spiro atoms. The third kappa shape index (κ3) is 3.18. The van der Waals surface area contributed by atoms with Crippen molar-refractivity contribution in [1.29, 1.82) is 0 Å². The fourth-order valence-electron chi connectivity index (χ4n) is 3.79. The number of hydrogen-bond donors (Lipinski definition) is 2. The number of para-hydroxylation sites is 1. The number of rotatable bonds is 5. The summed E-state index contributed by atoms with van der Waals surface area (Å²) in [5.74, 6) is -0.718. The predicted molar refractivity (Wildman–Crippen MR) is 108 cm³/mol. The number of H-pyrrole nitrogens is 1. The van der Waals surface area contributed by atoms with Crippen LogP contribution >= 0.6 is 0 Å². The van der Waals surface area contributed by atoms with Gasteiger partial charge in [-0.2, -0.15) is 0 Å². The molecule has 3 nitrogen and oxygen atoms in total. The molecule has 134 valence electrons. The lowest BCUT2D eigenvalue weighted by Gasteiger charge is -2.23. The van der Waals surface area contributed by atoms with E-state index in [0.29, 0.717) is 5.56 Å². The Balaban J connectivity index is 1.88. The summed E-state index contributed by atoms with van der Waals surface area (Å²) in [6, 6.07) is 26.7. The number of nitrogens with one attached hydrogen (secondary N) is 1. The molecule has 0 radical (unpaired) electrons. The van der Waals surface area contributed by atoms with E-state index in [1.807, 2.05) is 79.7 Å². The van der Waals surface area contributed by atoms with E-state index in [9.17, 15) is 9.90 Å². The second-order valence-electron chi connectivity index (χ2n) is 6.77. The number of benzene rings is 3. The normalized spacial score (nSPS) is 13.4. The van der Waals surface area contributed by atoms with Crippen molar-refractivity contribution in [3.8, 4) is 0 Å². The minimum Gasteiger partial charge on any atom is -0.384 e. The van der Waals surface area contributed by atoms with Crippen LogP contribution < -0.4 is 0 Å². The fraction of sp³-hybridized carbons (Fsp3) is 0.125. The summed E-state index contributed by atoms with van der Waals surface area (Å²) < 4.78 is 0. The molecule has 0 amide bonds. The van der Waals surface area contributed by atoms with Gasteiger partial charge < -0.3 is 10.1 Å². The van der Waals surface area contributed by atoms with E-state index >= 15 is 0 Å². The molecule has 27 heavy (non-hydrogen) atoms. The van der Waals surface area contributed by atoms with Crippen LogP contribution in [0.5, 0.6) is 0 Å². The van der Waals surface area contributed by atoms with Crippen LogP contribution in [0.2, 0.25) is 0 Å². The van der Waals surface area contributed by atoms with E-state index in [2.05, 4.69) is 4.98 Å². The zero-order valence-electron chi connectivity index (χ0n) is 15.1. The van der Waals surface area contributed by atoms with Crippen LogP contribution in [0.25, 0.3) is 10.9 Å². The molecule has 2 N–H and O–H groups in total. The van der Waals surface area contributed by atoms with Crippen LogP contribution in [0.3, 0.4) is 0 Å². The molecule has 0 unspecified atom stereocenters. The van der Waals surface area contributed by atoms with Gasteiger partial charge >= 0.3 is 0 Å². The molecule has 0 fully saturated rings. The molecule has 0 saturated carbocycles. The summed E-state index contributed by atoms with van der Waals surface area (Å²) in [5, 5.41) is 12.2. The van der Waals surface area contributed by atoms with E-state index in [4.69, 9.17) is 0 Å². The first-order valence-corrected chi connectivity index (χ1v) is 9.06. The van der Waals surface area contributed by atoms with Crippen molar-refractivity contribution >= 4 is 16.7 Å². The van der Waals surface area contributed by atoms with Crippen LogP contribution in [0.1, 0.15) is 33.1 Å². The number of fused-ring (bicyclic) bond motifs is 1. The summed E-state index contributed by atoms with van der Waals surface area (Å²) in [6.45, 7) is 1.99. The Morgan fingerprint density at radius 2 is 1.44 bits per heavy atom. The van der Waals surface area contributed by atoms with E-state index in [-0.39, 0.29) is 5.78 Å². The Labute approximate surface area is 158 Å². The highest BCUT2D eigenvalue weighted by molar-refractivity contribution is 6.01. The lowest BCUT2D eigenvalue weighted by molar-refractivity contribution is 0.0716. The molecular formula is C24H21NO2. The summed E-state index contributed by atoms with van der Waals surface area (Å²) in [5.41, 5.74) is 4.37. The van der Waals surface area contributed by atoms with Crippen molar-refractivity contribution in [3.05, 3.63) is 107 Å². The minimum atomic E-state index is -1.17. The van der Waals surface area contributed by atoms with Crippen molar-refractivity contribution in [2.45, 2.75) is 18.9 Å². The largest absolute Gasteiger partial charge is 0.384 e. The molecule has 1 heterocycles. The number of aromatic nitrogens is 1. The first-order valence-electron chi connectivity index (χ1n) is 9.06. The Morgan fingerprint density at radius 3 is 2.15 bits per heavy atom. The number of carbonyl (C=O) groups is 1. The lowest BCUT2D eigenvalue weighted by Crippen LogP contribution is -2.29. The number of Topliss-reactive ketones (excluding diaryl/α,β-unsaturated/α-hetero) is 1. The Bertz CT molecular complexity index is 1070. The maximum Gasteiger partial charge on any atom is 0.192 e. The maximum atomic E-state index is 13.0. The number of aliphatic hydroxyl groups excluding tert-OH is 1. The quantitative estimate of drug-likeness (QED) is 0.503. The van der Waals surface area contributed by atoms with Crippen LogP contribution in [0, 0.1) is 6.92 Å². The average molecular weight is 355 g/mol. The van der Waals surface area contributed by atoms with Crippen LogP contribution in [0.4, 0.5) is 0 Å². The van der Waals surface area contributed by atoms with Gasteiger partial charge in [0.15, 0.2) is 5.78 Å². The van der Waals surface area contributed by atoms with Crippen LogP contribution in [-0.2, 0) is 0 Å². The van der Waals surface area contributed by atoms with Gasteiger partial charge in [0, 0.05) is 28.1 Å². The highest BCUT2D eigenvalue weighted by Crippen LogP contribution is 2.36. The van der Waals surface area contributed by atoms with Crippen molar-refractivity contribution < 1.29 is 9.90 Å². The molecule has 4 aromatic rings. The van der Waals surface area contributed by atoms with Gasteiger partial charge in [0.1, 0.15) is 6.10 Å². The Hall–Kier alpha value is -3.17. The van der Waals surface area contributed by atoms with Crippen LogP contribution in [-0.4, -0.2) is 22.0 Å². The highest BCUT2D eigenvalue weighted by atomic mass is 16.3. The third-order valence-electron chi connectivity index (χ3n) is 5.06. The molecular weight excluding hydrogens is 334 g/mol. The summed E-state index contributed by atoms with van der Waals surface area (Å²) >= 11 is 0. The van der Waals surface area contributed by atoms with Gasteiger partial charge in [0.25, 0.3) is 0 Å². The Morgan fingerprint density at radius 1 is 0.852 bits per heavy atom. The standard InChI is InChI=1S/C24H21NO2/c1-16-21(19-14-8-9-15-20(19)25-16)22(17-10-4-2-5-11-17)24(27)23(26)18-12-6-3-7-13-18/h2-15,22,24-25,27H,1H3/t22-,24+/m0/s1. The van der Waals surface area contributed by atoms with E-state index in [0.717, 1.165) is 27.7 Å². The van der Waals surface area contributed by atoms with Gasteiger partial charge in [-0.3, -0.25) is 4.79 Å². The monoisotopic (exact) mass is 355 g/mol. The van der Waals surface area contributed by atoms with E-state index in [1.165, 1.54) is 0 Å². The van der Waals surface area contributed by atoms with Gasteiger partial charge in [-0.05, 0) is 24.1 Å². The van der Waals surface area contributed by atoms with Gasteiger partial charge in [-0.15, -0.1) is 0 Å². The van der Waals surface area contributed by atoms with Crippen molar-refractivity contribution in [2.24, 2.45) is 0 Å². The van der Waals surface area contributed by atoms with Gasteiger partial charge in [0.2, 0.25) is 0 Å². The second-order valence-corrected chi connectivity index (χ2v) is 6.77. The van der Waals surface area contributed by atoms with Crippen LogP contribution in [0.15, 0.2) is 84.9 Å². The zero-order chi connectivity index (χ0) is 18.8. The van der Waals surface area contributed by atoms with E-state index < -0.39 is 12.0 Å². The molecule has 3 aromatic carbocycles. The van der Waals surface area contributed by atoms with Crippen molar-refractivity contribution in [2.75, 3.05) is 0 Å². The number of aliphatic hydroxyl groups is 1. The van der Waals surface area contributed by atoms with Gasteiger partial charge in [-0.1, -0.05) is 78.9 Å². The second kappa shape index (κ2) is 7.22. The summed E-state index contributed by atoms with van der Waals surface area (Å²) in [6.07, 6.45) is -1.17. The zero-order valence-corrected chi connectivity index (χ0v) is 15.1. The molecule has 3 heteroatoms. The summed E-state index contributed by atoms with van der Waals surface area (Å²) in [7, 11) is 0. The maximum absolute atomic E-state index is 13.0. The molecule has 0 saturated heterocycles.